The molecule has 1 aliphatic heterocycles. The van der Waals surface area contributed by atoms with Crippen LogP contribution in [0.15, 0.2) is 71.7 Å². The molecular formula is C18H16N4OS. The molecule has 1 saturated heterocycles. The highest BCUT2D eigenvalue weighted by Crippen LogP contribution is 2.39. The van der Waals surface area contributed by atoms with Gasteiger partial charge < -0.3 is 14.6 Å². The Hall–Kier alpha value is -2.73. The highest BCUT2D eigenvalue weighted by molar-refractivity contribution is 7.80. The van der Waals surface area contributed by atoms with Crippen molar-refractivity contribution < 1.29 is 4.42 Å². The summed E-state index contributed by atoms with van der Waals surface area (Å²) in [5.74, 6) is 0.868. The van der Waals surface area contributed by atoms with Crippen LogP contribution in [0.5, 0.6) is 0 Å². The summed E-state index contributed by atoms with van der Waals surface area (Å²) in [7, 11) is 0. The second-order valence-corrected chi connectivity index (χ2v) is 6.01. The molecule has 24 heavy (non-hydrogen) atoms. The minimum absolute atomic E-state index is 0.0458. The lowest BCUT2D eigenvalue weighted by atomic mass is 10.0. The molecule has 3 aromatic heterocycles. The van der Waals surface area contributed by atoms with Gasteiger partial charge in [0.15, 0.2) is 5.11 Å². The van der Waals surface area contributed by atoms with Crippen molar-refractivity contribution in [3.8, 4) is 0 Å². The van der Waals surface area contributed by atoms with Gasteiger partial charge in [0, 0.05) is 25.1 Å². The van der Waals surface area contributed by atoms with E-state index in [-0.39, 0.29) is 12.1 Å². The molecule has 1 fully saturated rings. The molecule has 0 amide bonds. The molecule has 0 radical (unpaired) electrons. The summed E-state index contributed by atoms with van der Waals surface area (Å²) in [5, 5.41) is 4.10. The lowest BCUT2D eigenvalue weighted by Gasteiger charge is -2.26. The van der Waals surface area contributed by atoms with Crippen molar-refractivity contribution in [3.63, 3.8) is 0 Å². The lowest BCUT2D eigenvalue weighted by Crippen LogP contribution is -2.29. The van der Waals surface area contributed by atoms with E-state index in [0.29, 0.717) is 11.7 Å². The molecule has 3 aromatic rings. The largest absolute Gasteiger partial charge is 0.467 e. The number of nitrogens with zero attached hydrogens (tertiary/aromatic N) is 3. The Balaban J connectivity index is 1.71. The van der Waals surface area contributed by atoms with E-state index >= 15 is 0 Å². The molecule has 0 saturated carbocycles. The van der Waals surface area contributed by atoms with E-state index in [1.165, 1.54) is 0 Å². The van der Waals surface area contributed by atoms with Gasteiger partial charge in [0.1, 0.15) is 11.8 Å². The minimum Gasteiger partial charge on any atom is -0.467 e. The molecule has 2 atom stereocenters. The fourth-order valence-electron chi connectivity index (χ4n) is 3.03. The normalized spacial score (nSPS) is 20.2. The van der Waals surface area contributed by atoms with Gasteiger partial charge in [-0.1, -0.05) is 6.07 Å². The van der Waals surface area contributed by atoms with E-state index < -0.39 is 0 Å². The van der Waals surface area contributed by atoms with Crippen LogP contribution < -0.4 is 5.32 Å². The van der Waals surface area contributed by atoms with Gasteiger partial charge in [0.05, 0.1) is 18.0 Å². The first-order valence-corrected chi connectivity index (χ1v) is 8.14. The standard InChI is InChI=1S/C18H16N4OS/c24-18-21-16(14-4-1-2-8-20-14)17(15-5-3-11-23-15)22(18)12-13-6-9-19-10-7-13/h1-11,16-17H,12H2,(H,21,24)/t16-,17+/m1/s1. The zero-order valence-corrected chi connectivity index (χ0v) is 13.7. The molecule has 0 aromatic carbocycles. The van der Waals surface area contributed by atoms with Crippen LogP contribution in [-0.4, -0.2) is 20.0 Å². The molecule has 1 N–H and O–H groups in total. The molecule has 4 heterocycles. The molecule has 120 valence electrons. The Labute approximate surface area is 145 Å². The van der Waals surface area contributed by atoms with Gasteiger partial charge in [0.2, 0.25) is 0 Å². The number of thiocarbonyl (C=S) groups is 1. The zero-order valence-electron chi connectivity index (χ0n) is 12.9. The Morgan fingerprint density at radius 2 is 1.96 bits per heavy atom. The Morgan fingerprint density at radius 1 is 1.08 bits per heavy atom. The summed E-state index contributed by atoms with van der Waals surface area (Å²) in [6, 6.07) is 13.7. The quantitative estimate of drug-likeness (QED) is 0.738. The number of aromatic nitrogens is 2. The summed E-state index contributed by atoms with van der Waals surface area (Å²) in [6.45, 7) is 0.684. The van der Waals surface area contributed by atoms with Gasteiger partial charge in [-0.15, -0.1) is 0 Å². The maximum Gasteiger partial charge on any atom is 0.170 e. The first-order chi connectivity index (χ1) is 11.8. The lowest BCUT2D eigenvalue weighted by molar-refractivity contribution is 0.267. The number of rotatable bonds is 4. The molecule has 0 aliphatic carbocycles. The number of furan rings is 1. The summed E-state index contributed by atoms with van der Waals surface area (Å²) >= 11 is 5.60. The fourth-order valence-corrected chi connectivity index (χ4v) is 3.33. The molecule has 4 rings (SSSR count). The summed E-state index contributed by atoms with van der Waals surface area (Å²) in [4.78, 5) is 10.7. The second kappa shape index (κ2) is 6.41. The van der Waals surface area contributed by atoms with Crippen molar-refractivity contribution in [2.75, 3.05) is 0 Å². The van der Waals surface area contributed by atoms with Crippen LogP contribution in [0.2, 0.25) is 0 Å². The van der Waals surface area contributed by atoms with Gasteiger partial charge in [-0.05, 0) is 54.2 Å². The van der Waals surface area contributed by atoms with Crippen LogP contribution in [0.25, 0.3) is 0 Å². The maximum absolute atomic E-state index is 5.70. The van der Waals surface area contributed by atoms with Crippen molar-refractivity contribution in [1.29, 1.82) is 0 Å². The number of pyridine rings is 2. The van der Waals surface area contributed by atoms with Gasteiger partial charge >= 0.3 is 0 Å². The molecular weight excluding hydrogens is 320 g/mol. The van der Waals surface area contributed by atoms with E-state index in [1.807, 2.05) is 42.5 Å². The van der Waals surface area contributed by atoms with E-state index in [1.54, 1.807) is 24.9 Å². The topological polar surface area (TPSA) is 54.2 Å². The van der Waals surface area contributed by atoms with E-state index in [9.17, 15) is 0 Å². The smallest absolute Gasteiger partial charge is 0.170 e. The van der Waals surface area contributed by atoms with Gasteiger partial charge in [-0.2, -0.15) is 0 Å². The molecule has 0 spiro atoms. The predicted octanol–water partition coefficient (Wildman–Crippen LogP) is 3.24. The van der Waals surface area contributed by atoms with Crippen LogP contribution in [0.1, 0.15) is 29.1 Å². The van der Waals surface area contributed by atoms with Gasteiger partial charge in [-0.25, -0.2) is 0 Å². The summed E-state index contributed by atoms with van der Waals surface area (Å²) in [5.41, 5.74) is 2.09. The van der Waals surface area contributed by atoms with Crippen LogP contribution in [0.3, 0.4) is 0 Å². The Morgan fingerprint density at radius 3 is 2.67 bits per heavy atom. The summed E-state index contributed by atoms with van der Waals surface area (Å²) < 4.78 is 5.70. The molecule has 1 aliphatic rings. The van der Waals surface area contributed by atoms with Crippen molar-refractivity contribution in [2.24, 2.45) is 0 Å². The number of nitrogens with one attached hydrogen (secondary N) is 1. The van der Waals surface area contributed by atoms with Gasteiger partial charge in [0.25, 0.3) is 0 Å². The van der Waals surface area contributed by atoms with Crippen LogP contribution in [0, 0.1) is 0 Å². The first-order valence-electron chi connectivity index (χ1n) is 7.73. The van der Waals surface area contributed by atoms with Crippen LogP contribution in [0.4, 0.5) is 0 Å². The molecule has 0 unspecified atom stereocenters. The zero-order chi connectivity index (χ0) is 16.4. The van der Waals surface area contributed by atoms with Crippen molar-refractivity contribution >= 4 is 17.3 Å². The summed E-state index contributed by atoms with van der Waals surface area (Å²) in [6.07, 6.45) is 7.07. The third-order valence-electron chi connectivity index (χ3n) is 4.13. The Bertz CT molecular complexity index is 808. The average Bonchev–Trinajstić information content (AvgIpc) is 3.25. The van der Waals surface area contributed by atoms with E-state index in [4.69, 9.17) is 16.6 Å². The van der Waals surface area contributed by atoms with Crippen molar-refractivity contribution in [3.05, 3.63) is 84.3 Å². The van der Waals surface area contributed by atoms with Crippen LogP contribution >= 0.6 is 12.2 Å². The monoisotopic (exact) mass is 336 g/mol. The molecule has 6 heteroatoms. The third-order valence-corrected chi connectivity index (χ3v) is 4.49. The maximum atomic E-state index is 5.70. The highest BCUT2D eigenvalue weighted by Gasteiger charge is 2.41. The second-order valence-electron chi connectivity index (χ2n) is 5.63. The molecule has 5 nitrogen and oxygen atoms in total. The van der Waals surface area contributed by atoms with Crippen LogP contribution in [-0.2, 0) is 6.54 Å². The van der Waals surface area contributed by atoms with Gasteiger partial charge in [-0.3, -0.25) is 9.97 Å². The first kappa shape index (κ1) is 14.8. The highest BCUT2D eigenvalue weighted by atomic mass is 32.1. The minimum atomic E-state index is -0.0494. The Kier molecular flexibility index (Phi) is 3.96. The van der Waals surface area contributed by atoms with E-state index in [0.717, 1.165) is 17.0 Å². The predicted molar refractivity (Wildman–Crippen MR) is 93.9 cm³/mol. The number of hydrogen-bond acceptors (Lipinski definition) is 4. The molecule has 0 bridgehead atoms. The SMILES string of the molecule is S=C1N[C@H](c2ccccn2)[C@H](c2ccco2)N1Cc1ccncc1. The van der Waals surface area contributed by atoms with Crippen molar-refractivity contribution in [1.82, 2.24) is 20.2 Å². The van der Waals surface area contributed by atoms with Crippen molar-refractivity contribution in [2.45, 2.75) is 18.6 Å². The van der Waals surface area contributed by atoms with E-state index in [2.05, 4.69) is 20.2 Å². The third kappa shape index (κ3) is 2.76. The fraction of sp³-hybridized carbons (Fsp3) is 0.167. The number of hydrogen-bond donors (Lipinski definition) is 1. The average molecular weight is 336 g/mol.